The first kappa shape index (κ1) is 19.6. The summed E-state index contributed by atoms with van der Waals surface area (Å²) in [6.07, 6.45) is 9.18. The molecule has 9 heteroatoms. The van der Waals surface area contributed by atoms with Gasteiger partial charge in [0.25, 0.3) is 11.3 Å². The Labute approximate surface area is 183 Å². The minimum absolute atomic E-state index is 0.271. The monoisotopic (exact) mass is 436 g/mol. The molecule has 0 bridgehead atoms. The summed E-state index contributed by atoms with van der Waals surface area (Å²) in [6, 6.07) is 1.97. The zero-order valence-electron chi connectivity index (χ0n) is 17.1. The summed E-state index contributed by atoms with van der Waals surface area (Å²) in [5, 5.41) is 6.57. The van der Waals surface area contributed by atoms with Crippen molar-refractivity contribution in [2.45, 2.75) is 38.1 Å². The van der Waals surface area contributed by atoms with Gasteiger partial charge in [0.05, 0.1) is 35.0 Å². The zero-order valence-corrected chi connectivity index (χ0v) is 17.9. The van der Waals surface area contributed by atoms with Crippen LogP contribution in [-0.4, -0.2) is 32.6 Å². The molecule has 1 unspecified atom stereocenters. The molecule has 0 amide bonds. The Bertz CT molecular complexity index is 1270. The average molecular weight is 437 g/mol. The Morgan fingerprint density at radius 2 is 2.23 bits per heavy atom. The van der Waals surface area contributed by atoms with Gasteiger partial charge in [0.1, 0.15) is 5.39 Å². The van der Waals surface area contributed by atoms with Crippen LogP contribution in [-0.2, 0) is 6.42 Å². The first-order valence-electron chi connectivity index (χ1n) is 10.3. The predicted molar refractivity (Wildman–Crippen MR) is 124 cm³/mol. The van der Waals surface area contributed by atoms with Gasteiger partial charge in [-0.1, -0.05) is 13.2 Å². The lowest BCUT2D eigenvalue weighted by Crippen LogP contribution is -2.41. The number of piperidine rings is 1. The van der Waals surface area contributed by atoms with Crippen LogP contribution in [0.1, 0.15) is 36.3 Å². The van der Waals surface area contributed by atoms with Crippen molar-refractivity contribution in [2.75, 3.05) is 17.6 Å². The van der Waals surface area contributed by atoms with E-state index in [9.17, 15) is 4.79 Å². The number of nitrogen functional groups attached to an aromatic ring is 1. The topological polar surface area (TPSA) is 113 Å². The lowest BCUT2D eigenvalue weighted by atomic mass is 9.88. The molecule has 3 aromatic heterocycles. The van der Waals surface area contributed by atoms with Gasteiger partial charge in [0.2, 0.25) is 0 Å². The number of anilines is 2. The van der Waals surface area contributed by atoms with E-state index >= 15 is 0 Å². The van der Waals surface area contributed by atoms with Crippen molar-refractivity contribution < 1.29 is 4.52 Å². The summed E-state index contributed by atoms with van der Waals surface area (Å²) in [5.74, 6) is 0. The molecule has 3 aromatic rings. The fourth-order valence-electron chi connectivity index (χ4n) is 4.42. The van der Waals surface area contributed by atoms with Crippen LogP contribution in [0.2, 0.25) is 0 Å². The van der Waals surface area contributed by atoms with Gasteiger partial charge in [0, 0.05) is 11.4 Å². The number of pyridine rings is 1. The Morgan fingerprint density at radius 3 is 3.10 bits per heavy atom. The van der Waals surface area contributed by atoms with Gasteiger partial charge in [-0.2, -0.15) is 5.16 Å². The van der Waals surface area contributed by atoms with E-state index in [4.69, 9.17) is 10.3 Å². The molecule has 8 nitrogen and oxygen atoms in total. The van der Waals surface area contributed by atoms with E-state index in [2.05, 4.69) is 44.6 Å². The number of rotatable bonds is 5. The number of aryl methyl sites for hydroxylation is 1. The quantitative estimate of drug-likeness (QED) is 0.520. The van der Waals surface area contributed by atoms with E-state index in [1.807, 2.05) is 0 Å². The van der Waals surface area contributed by atoms with Crippen LogP contribution < -0.4 is 16.6 Å². The molecule has 5 rings (SSSR count). The molecule has 2 aliphatic rings. The maximum absolute atomic E-state index is 11.8. The molecule has 1 aliphatic heterocycles. The molecule has 0 aromatic carbocycles. The molecular formula is C22H24N6O2S. The van der Waals surface area contributed by atoms with E-state index in [0.29, 0.717) is 21.9 Å². The van der Waals surface area contributed by atoms with Crippen LogP contribution in [0.5, 0.6) is 0 Å². The van der Waals surface area contributed by atoms with Gasteiger partial charge in [-0.3, -0.25) is 4.79 Å². The van der Waals surface area contributed by atoms with Crippen LogP contribution in [0, 0.1) is 0 Å². The Kier molecular flexibility index (Phi) is 4.90. The third kappa shape index (κ3) is 3.65. The number of aromatic amines is 1. The largest absolute Gasteiger partial charge is 0.375 e. The highest BCUT2D eigenvalue weighted by molar-refractivity contribution is 7.15. The number of thiazole rings is 1. The second-order valence-corrected chi connectivity index (χ2v) is 9.06. The molecule has 1 aliphatic carbocycles. The highest BCUT2D eigenvalue weighted by atomic mass is 32.1. The van der Waals surface area contributed by atoms with Crippen molar-refractivity contribution in [1.82, 2.24) is 20.0 Å². The lowest BCUT2D eigenvalue weighted by Gasteiger charge is -2.41. The van der Waals surface area contributed by atoms with Gasteiger partial charge in [0.15, 0.2) is 5.13 Å². The van der Waals surface area contributed by atoms with Gasteiger partial charge in [-0.05, 0) is 49.8 Å². The fraction of sp³-hybridized carbons (Fsp3) is 0.318. The van der Waals surface area contributed by atoms with Crippen LogP contribution in [0.25, 0.3) is 17.2 Å². The Balaban J connectivity index is 1.36. The van der Waals surface area contributed by atoms with E-state index in [1.54, 1.807) is 23.6 Å². The summed E-state index contributed by atoms with van der Waals surface area (Å²) in [7, 11) is 0. The number of hydrogen-bond acceptors (Lipinski definition) is 8. The number of likely N-dealkylation sites (tertiary alicyclic amines) is 1. The van der Waals surface area contributed by atoms with Crippen LogP contribution in [0.15, 0.2) is 51.7 Å². The van der Waals surface area contributed by atoms with Gasteiger partial charge in [-0.15, -0.1) is 11.3 Å². The van der Waals surface area contributed by atoms with Crippen LogP contribution >= 0.6 is 11.3 Å². The van der Waals surface area contributed by atoms with E-state index in [1.165, 1.54) is 16.9 Å². The number of H-pyrrole nitrogens is 1. The SMILES string of the molecule is C=C(Nc1cnc2o[nH]c(=O)c2c1)C(=C)N1CCCCC1C1=Cc2nc(N)sc2CC1. The number of aromatic nitrogens is 3. The van der Waals surface area contributed by atoms with Crippen molar-refractivity contribution in [3.63, 3.8) is 0 Å². The predicted octanol–water partition coefficient (Wildman–Crippen LogP) is 3.88. The van der Waals surface area contributed by atoms with Crippen LogP contribution in [0.3, 0.4) is 0 Å². The zero-order chi connectivity index (χ0) is 21.5. The number of fused-ring (bicyclic) bond motifs is 2. The molecule has 1 fully saturated rings. The highest BCUT2D eigenvalue weighted by Gasteiger charge is 2.29. The number of nitrogens with two attached hydrogens (primary N) is 1. The molecule has 160 valence electrons. The molecule has 31 heavy (non-hydrogen) atoms. The summed E-state index contributed by atoms with van der Waals surface area (Å²) in [5.41, 5.74) is 10.5. The van der Waals surface area contributed by atoms with E-state index in [-0.39, 0.29) is 17.3 Å². The molecule has 0 radical (unpaired) electrons. The number of nitrogens with one attached hydrogen (secondary N) is 2. The molecule has 0 spiro atoms. The molecule has 1 saturated heterocycles. The van der Waals surface area contributed by atoms with Gasteiger partial charge >= 0.3 is 0 Å². The molecule has 4 N–H and O–H groups in total. The van der Waals surface area contributed by atoms with Crippen molar-refractivity contribution in [3.8, 4) is 0 Å². The smallest absolute Gasteiger partial charge is 0.289 e. The second kappa shape index (κ2) is 7.73. The molecular weight excluding hydrogens is 412 g/mol. The summed E-state index contributed by atoms with van der Waals surface area (Å²) >= 11 is 1.58. The number of nitrogens with zero attached hydrogens (tertiary/aromatic N) is 3. The van der Waals surface area contributed by atoms with Gasteiger partial charge < -0.3 is 20.5 Å². The molecule has 0 saturated carbocycles. The minimum atomic E-state index is -0.307. The summed E-state index contributed by atoms with van der Waals surface area (Å²) in [6.45, 7) is 9.45. The van der Waals surface area contributed by atoms with Crippen molar-refractivity contribution >= 4 is 39.3 Å². The van der Waals surface area contributed by atoms with Crippen molar-refractivity contribution in [1.29, 1.82) is 0 Å². The minimum Gasteiger partial charge on any atom is -0.375 e. The lowest BCUT2D eigenvalue weighted by molar-refractivity contribution is 0.223. The van der Waals surface area contributed by atoms with E-state index < -0.39 is 0 Å². The second-order valence-electron chi connectivity index (χ2n) is 7.94. The first-order chi connectivity index (χ1) is 15.0. The normalized spacial score (nSPS) is 18.5. The summed E-state index contributed by atoms with van der Waals surface area (Å²) < 4.78 is 5.02. The van der Waals surface area contributed by atoms with Crippen molar-refractivity contribution in [3.05, 3.63) is 63.3 Å². The maximum atomic E-state index is 11.8. The van der Waals surface area contributed by atoms with Crippen molar-refractivity contribution in [2.24, 2.45) is 0 Å². The van der Waals surface area contributed by atoms with Crippen LogP contribution in [0.4, 0.5) is 10.8 Å². The average Bonchev–Trinajstić information content (AvgIpc) is 3.34. The third-order valence-corrected chi connectivity index (χ3v) is 6.92. The summed E-state index contributed by atoms with van der Waals surface area (Å²) in [4.78, 5) is 24.1. The Morgan fingerprint density at radius 1 is 1.35 bits per heavy atom. The molecule has 1 atom stereocenters. The standard InChI is InChI=1S/C22H24N6O2S/c1-12(25-15-10-16-20(29)27-30-21(16)24-11-15)13(2)28-8-4-3-5-18(28)14-6-7-19-17(9-14)26-22(23)31-19/h9-11,18,25H,1-8H2,(H2,23,26)(H,27,29). The van der Waals surface area contributed by atoms with E-state index in [0.717, 1.165) is 43.6 Å². The fourth-order valence-corrected chi connectivity index (χ4v) is 5.23. The maximum Gasteiger partial charge on any atom is 0.289 e. The first-order valence-corrected chi connectivity index (χ1v) is 11.2. The number of hydrogen-bond donors (Lipinski definition) is 3. The molecule has 4 heterocycles. The third-order valence-electron chi connectivity index (χ3n) is 5.96. The highest BCUT2D eigenvalue weighted by Crippen LogP contribution is 2.36. The van der Waals surface area contributed by atoms with Gasteiger partial charge in [-0.25, -0.2) is 9.97 Å². The Hall–Kier alpha value is -3.33.